The van der Waals surface area contributed by atoms with Crippen molar-refractivity contribution < 1.29 is 8.42 Å². The fourth-order valence-corrected chi connectivity index (χ4v) is 2.81. The monoisotopic (exact) mass is 259 g/mol. The van der Waals surface area contributed by atoms with E-state index in [9.17, 15) is 8.42 Å². The molecule has 3 rings (SSSR count). The van der Waals surface area contributed by atoms with Crippen LogP contribution in [0.3, 0.4) is 0 Å². The van der Waals surface area contributed by atoms with Gasteiger partial charge in [0.25, 0.3) is 10.0 Å². The highest BCUT2D eigenvalue weighted by atomic mass is 32.2. The number of amidine groups is 1. The van der Waals surface area contributed by atoms with Crippen LogP contribution in [0.25, 0.3) is 0 Å². The Morgan fingerprint density at radius 3 is 2.56 bits per heavy atom. The van der Waals surface area contributed by atoms with Gasteiger partial charge in [-0.15, -0.1) is 4.40 Å². The lowest BCUT2D eigenvalue weighted by molar-refractivity contribution is 0.597. The van der Waals surface area contributed by atoms with Crippen LogP contribution in [0.2, 0.25) is 0 Å². The number of hydrogen-bond donors (Lipinski definition) is 1. The van der Waals surface area contributed by atoms with Gasteiger partial charge in [-0.1, -0.05) is 30.3 Å². The molecule has 0 fully saturated rings. The summed E-state index contributed by atoms with van der Waals surface area (Å²) in [6.45, 7) is 0. The van der Waals surface area contributed by atoms with E-state index in [1.807, 2.05) is 18.2 Å². The number of fused-ring (bicyclic) bond motifs is 1. The van der Waals surface area contributed by atoms with Crippen LogP contribution >= 0.6 is 0 Å². The number of aromatic nitrogens is 1. The van der Waals surface area contributed by atoms with E-state index in [1.54, 1.807) is 18.2 Å². The number of benzene rings is 1. The summed E-state index contributed by atoms with van der Waals surface area (Å²) < 4.78 is 27.7. The van der Waals surface area contributed by atoms with Gasteiger partial charge in [-0.3, -0.25) is 0 Å². The summed E-state index contributed by atoms with van der Waals surface area (Å²) in [6, 6.07) is 12.1. The van der Waals surface area contributed by atoms with Gasteiger partial charge in [0, 0.05) is 11.8 Å². The third kappa shape index (κ3) is 1.76. The van der Waals surface area contributed by atoms with Crippen molar-refractivity contribution in [3.63, 3.8) is 0 Å². The Morgan fingerprint density at radius 1 is 1.00 bits per heavy atom. The number of hydrogen-bond acceptors (Lipinski definition) is 4. The van der Waals surface area contributed by atoms with Crippen LogP contribution in [-0.2, 0) is 10.0 Å². The summed E-state index contributed by atoms with van der Waals surface area (Å²) in [5.41, 5.74) is 0.706. The molecule has 1 aliphatic rings. The molecule has 0 saturated carbocycles. The Labute approximate surface area is 104 Å². The first kappa shape index (κ1) is 10.9. The topological polar surface area (TPSA) is 71.4 Å². The molecule has 5 nitrogen and oxygen atoms in total. The maximum absolute atomic E-state index is 12.0. The Bertz CT molecular complexity index is 724. The lowest BCUT2D eigenvalue weighted by Crippen LogP contribution is -2.23. The minimum absolute atomic E-state index is 0.102. The zero-order valence-electron chi connectivity index (χ0n) is 9.24. The van der Waals surface area contributed by atoms with Crippen molar-refractivity contribution in [2.75, 3.05) is 5.32 Å². The van der Waals surface area contributed by atoms with Crippen LogP contribution in [0.4, 0.5) is 5.82 Å². The Morgan fingerprint density at radius 2 is 1.78 bits per heavy atom. The van der Waals surface area contributed by atoms with Crippen LogP contribution in [0, 0.1) is 0 Å². The van der Waals surface area contributed by atoms with Crippen molar-refractivity contribution in [1.29, 1.82) is 0 Å². The van der Waals surface area contributed by atoms with E-state index in [0.29, 0.717) is 17.2 Å². The number of nitrogens with one attached hydrogen (secondary N) is 1. The molecule has 2 aromatic rings. The standard InChI is InChI=1S/C12H9N3O2S/c16-18(17)10-7-4-8-13-12(10)14-11(15-18)9-5-2-1-3-6-9/h1-8H,(H,13,14,15). The molecule has 18 heavy (non-hydrogen) atoms. The lowest BCUT2D eigenvalue weighted by Gasteiger charge is -2.16. The average molecular weight is 259 g/mol. The van der Waals surface area contributed by atoms with Gasteiger partial charge in [-0.05, 0) is 12.1 Å². The Hall–Kier alpha value is -2.21. The van der Waals surface area contributed by atoms with Crippen LogP contribution < -0.4 is 5.32 Å². The third-order valence-electron chi connectivity index (χ3n) is 2.54. The molecule has 0 saturated heterocycles. The third-order valence-corrected chi connectivity index (χ3v) is 3.85. The fraction of sp³-hybridized carbons (Fsp3) is 0. The molecule has 2 heterocycles. The average Bonchev–Trinajstić information content (AvgIpc) is 2.39. The zero-order chi connectivity index (χ0) is 12.6. The second-order valence-corrected chi connectivity index (χ2v) is 5.33. The summed E-state index contributed by atoms with van der Waals surface area (Å²) in [4.78, 5) is 4.12. The van der Waals surface area contributed by atoms with Gasteiger partial charge in [-0.2, -0.15) is 8.42 Å². The minimum Gasteiger partial charge on any atom is -0.323 e. The second-order valence-electron chi connectivity index (χ2n) is 3.76. The van der Waals surface area contributed by atoms with Crippen molar-refractivity contribution in [3.05, 3.63) is 54.2 Å². The zero-order valence-corrected chi connectivity index (χ0v) is 10.1. The molecule has 90 valence electrons. The molecule has 0 bridgehead atoms. The smallest absolute Gasteiger partial charge is 0.287 e. The number of rotatable bonds is 1. The van der Waals surface area contributed by atoms with Crippen molar-refractivity contribution in [2.24, 2.45) is 4.40 Å². The maximum Gasteiger partial charge on any atom is 0.287 e. The molecular weight excluding hydrogens is 250 g/mol. The van der Waals surface area contributed by atoms with Crippen LogP contribution in [0.1, 0.15) is 5.56 Å². The molecule has 0 radical (unpaired) electrons. The van der Waals surface area contributed by atoms with Gasteiger partial charge >= 0.3 is 0 Å². The molecule has 0 unspecified atom stereocenters. The number of sulfonamides is 1. The first-order valence-electron chi connectivity index (χ1n) is 5.29. The SMILES string of the molecule is O=S1(=O)N=C(c2ccccc2)Nc2ncccc21. The van der Waals surface area contributed by atoms with Crippen molar-refractivity contribution in [2.45, 2.75) is 4.90 Å². The van der Waals surface area contributed by atoms with Gasteiger partial charge in [0.2, 0.25) is 0 Å². The number of pyridine rings is 1. The first-order valence-corrected chi connectivity index (χ1v) is 6.73. The molecule has 0 aliphatic carbocycles. The van der Waals surface area contributed by atoms with E-state index in [0.717, 1.165) is 0 Å². The van der Waals surface area contributed by atoms with Gasteiger partial charge in [-0.25, -0.2) is 4.98 Å². The summed E-state index contributed by atoms with van der Waals surface area (Å²) in [5, 5.41) is 2.93. The highest BCUT2D eigenvalue weighted by molar-refractivity contribution is 7.90. The Kier molecular flexibility index (Phi) is 2.38. The quantitative estimate of drug-likeness (QED) is 0.845. The molecule has 0 amide bonds. The van der Waals surface area contributed by atoms with Crippen LogP contribution in [-0.4, -0.2) is 19.2 Å². The van der Waals surface area contributed by atoms with Crippen molar-refractivity contribution in [3.8, 4) is 0 Å². The molecule has 1 aromatic carbocycles. The number of nitrogens with zero attached hydrogens (tertiary/aromatic N) is 2. The minimum atomic E-state index is -3.68. The van der Waals surface area contributed by atoms with E-state index < -0.39 is 10.0 Å². The van der Waals surface area contributed by atoms with Gasteiger partial charge in [0.15, 0.2) is 11.7 Å². The predicted octanol–water partition coefficient (Wildman–Crippen LogP) is 1.64. The van der Waals surface area contributed by atoms with E-state index in [1.165, 1.54) is 12.3 Å². The van der Waals surface area contributed by atoms with E-state index in [-0.39, 0.29) is 4.90 Å². The molecule has 0 spiro atoms. The molecule has 1 aliphatic heterocycles. The molecule has 1 aromatic heterocycles. The van der Waals surface area contributed by atoms with Crippen molar-refractivity contribution >= 4 is 21.7 Å². The van der Waals surface area contributed by atoms with Crippen LogP contribution in [0.15, 0.2) is 58.0 Å². The molecule has 6 heteroatoms. The fourth-order valence-electron chi connectivity index (χ4n) is 1.72. The first-order chi connectivity index (χ1) is 8.67. The number of anilines is 1. The van der Waals surface area contributed by atoms with E-state index in [2.05, 4.69) is 14.7 Å². The Balaban J connectivity index is 2.16. The normalized spacial score (nSPS) is 16.3. The molecule has 0 atom stereocenters. The van der Waals surface area contributed by atoms with Gasteiger partial charge < -0.3 is 5.32 Å². The maximum atomic E-state index is 12.0. The summed E-state index contributed by atoms with van der Waals surface area (Å²) in [6.07, 6.45) is 1.54. The summed E-state index contributed by atoms with van der Waals surface area (Å²) in [5.74, 6) is 0.605. The van der Waals surface area contributed by atoms with E-state index >= 15 is 0 Å². The van der Waals surface area contributed by atoms with Gasteiger partial charge in [0.1, 0.15) is 4.90 Å². The lowest BCUT2D eigenvalue weighted by atomic mass is 10.2. The van der Waals surface area contributed by atoms with Crippen LogP contribution in [0.5, 0.6) is 0 Å². The van der Waals surface area contributed by atoms with Crippen molar-refractivity contribution in [1.82, 2.24) is 4.98 Å². The largest absolute Gasteiger partial charge is 0.323 e. The summed E-state index contributed by atoms with van der Waals surface area (Å²) in [7, 11) is -3.68. The van der Waals surface area contributed by atoms with E-state index in [4.69, 9.17) is 0 Å². The second kappa shape index (κ2) is 3.92. The highest BCUT2D eigenvalue weighted by Gasteiger charge is 2.25. The molecular formula is C12H9N3O2S. The highest BCUT2D eigenvalue weighted by Crippen LogP contribution is 2.25. The van der Waals surface area contributed by atoms with Gasteiger partial charge in [0.05, 0.1) is 0 Å². The summed E-state index contributed by atoms with van der Waals surface area (Å²) >= 11 is 0. The predicted molar refractivity (Wildman–Crippen MR) is 68.0 cm³/mol. The molecule has 1 N–H and O–H groups in total.